The Labute approximate surface area is 249 Å². The predicted octanol–water partition coefficient (Wildman–Crippen LogP) is 1.72. The molecule has 0 radical (unpaired) electrons. The molecule has 0 aliphatic carbocycles. The van der Waals surface area contributed by atoms with E-state index in [0.29, 0.717) is 74.4 Å². The van der Waals surface area contributed by atoms with Crippen LogP contribution in [0.5, 0.6) is 0 Å². The molecule has 0 aliphatic heterocycles. The Bertz CT molecular complexity index is 1320. The number of para-hydroxylation sites is 1. The van der Waals surface area contributed by atoms with E-state index in [4.69, 9.17) is 22.9 Å². The van der Waals surface area contributed by atoms with E-state index in [9.17, 15) is 22.8 Å². The molecule has 3 rings (SSSR count). The van der Waals surface area contributed by atoms with Crippen molar-refractivity contribution >= 4 is 28.4 Å². The molecule has 10 N–H and O–H groups in total. The average Bonchev–Trinajstić information content (AvgIpc) is 2.97. The van der Waals surface area contributed by atoms with Crippen LogP contribution in [0.15, 0.2) is 60.8 Å². The third kappa shape index (κ3) is 9.97. The molecule has 43 heavy (non-hydrogen) atoms. The van der Waals surface area contributed by atoms with Gasteiger partial charge in [0.1, 0.15) is 6.04 Å². The molecule has 2 atom stereocenters. The zero-order valence-electron chi connectivity index (χ0n) is 24.2. The van der Waals surface area contributed by atoms with Crippen LogP contribution in [0.2, 0.25) is 0 Å². The zero-order chi connectivity index (χ0) is 31.5. The van der Waals surface area contributed by atoms with E-state index in [1.165, 1.54) is 18.3 Å². The number of nitrogens with two attached hydrogens (primary N) is 4. The maximum absolute atomic E-state index is 13.4. The van der Waals surface area contributed by atoms with Crippen LogP contribution in [0.1, 0.15) is 24.0 Å². The molecule has 13 heteroatoms. The number of anilines is 1. The molecule has 0 bridgehead atoms. The second-order valence-corrected chi connectivity index (χ2v) is 10.7. The second-order valence-electron chi connectivity index (χ2n) is 10.7. The van der Waals surface area contributed by atoms with E-state index in [1.807, 2.05) is 24.3 Å². The van der Waals surface area contributed by atoms with E-state index in [1.54, 1.807) is 6.07 Å². The number of hydrogen-bond donors (Lipinski definition) is 6. The standard InChI is InChI=1S/C30H41F3N8O2/c31-30(32,33)23-9-7-21(8-10-23)18-27(29(43)39-24-19-22-4-1-2-6-26(22)38-20-24)40-28(42)25(37)5-3-14-41(15-11-34,16-12-35)17-13-36/h1-2,4,6-10,19-20,25,27H,3,5,11-18,34-37H2,(H-,39,40,42,43)/p+1/t25-,27+/m0/s1. The fourth-order valence-electron chi connectivity index (χ4n) is 5.19. The van der Waals surface area contributed by atoms with E-state index >= 15 is 0 Å². The average molecular weight is 604 g/mol. The van der Waals surface area contributed by atoms with Crippen molar-refractivity contribution in [3.63, 3.8) is 0 Å². The first kappa shape index (κ1) is 33.9. The highest BCUT2D eigenvalue weighted by molar-refractivity contribution is 5.99. The van der Waals surface area contributed by atoms with Crippen LogP contribution in [-0.4, -0.2) is 79.2 Å². The maximum atomic E-state index is 13.4. The number of hydrogen-bond acceptors (Lipinski definition) is 7. The number of nitrogens with zero attached hydrogens (tertiary/aromatic N) is 2. The first-order valence-electron chi connectivity index (χ1n) is 14.3. The third-order valence-corrected chi connectivity index (χ3v) is 7.51. The van der Waals surface area contributed by atoms with Crippen molar-refractivity contribution in [2.75, 3.05) is 51.1 Å². The minimum atomic E-state index is -4.49. The maximum Gasteiger partial charge on any atom is 0.416 e. The number of carbonyl (C=O) groups excluding carboxylic acids is 2. The molecule has 2 aromatic carbocycles. The van der Waals surface area contributed by atoms with Crippen molar-refractivity contribution in [1.82, 2.24) is 10.3 Å². The number of benzene rings is 2. The van der Waals surface area contributed by atoms with Gasteiger partial charge in [-0.3, -0.25) is 14.6 Å². The first-order valence-corrected chi connectivity index (χ1v) is 14.3. The number of nitrogens with one attached hydrogen (secondary N) is 2. The number of halogens is 3. The van der Waals surface area contributed by atoms with Gasteiger partial charge in [-0.25, -0.2) is 0 Å². The smallest absolute Gasteiger partial charge is 0.343 e. The molecule has 1 aromatic heterocycles. The molecule has 3 aromatic rings. The number of fused-ring (bicyclic) bond motifs is 1. The van der Waals surface area contributed by atoms with E-state index in [-0.39, 0.29) is 6.42 Å². The quantitative estimate of drug-likeness (QED) is 0.135. The monoisotopic (exact) mass is 603 g/mol. The Balaban J connectivity index is 1.73. The highest BCUT2D eigenvalue weighted by Crippen LogP contribution is 2.29. The van der Waals surface area contributed by atoms with Crippen molar-refractivity contribution in [2.45, 2.75) is 37.5 Å². The fraction of sp³-hybridized carbons (Fsp3) is 0.433. The topological polar surface area (TPSA) is 175 Å². The van der Waals surface area contributed by atoms with E-state index < -0.39 is 35.6 Å². The predicted molar refractivity (Wildman–Crippen MR) is 162 cm³/mol. The number of carbonyl (C=O) groups is 2. The molecule has 0 unspecified atom stereocenters. The molecule has 10 nitrogen and oxygen atoms in total. The number of quaternary nitrogens is 1. The number of pyridine rings is 1. The summed E-state index contributed by atoms with van der Waals surface area (Å²) < 4.78 is 39.8. The highest BCUT2D eigenvalue weighted by atomic mass is 19.4. The summed E-state index contributed by atoms with van der Waals surface area (Å²) in [7, 11) is 0. The summed E-state index contributed by atoms with van der Waals surface area (Å²) in [6, 6.07) is 11.6. The molecule has 0 saturated heterocycles. The van der Waals surface area contributed by atoms with Gasteiger partial charge in [0.25, 0.3) is 0 Å². The molecule has 0 saturated carbocycles. The van der Waals surface area contributed by atoms with Gasteiger partial charge in [0.05, 0.1) is 55.2 Å². The summed E-state index contributed by atoms with van der Waals surface area (Å²) in [5, 5.41) is 6.28. The van der Waals surface area contributed by atoms with Gasteiger partial charge in [0.2, 0.25) is 11.8 Å². The minimum Gasteiger partial charge on any atom is -0.343 e. The summed E-state index contributed by atoms with van der Waals surface area (Å²) in [6.07, 6.45) is -2.10. The minimum absolute atomic E-state index is 0.0487. The van der Waals surface area contributed by atoms with Crippen LogP contribution in [0.4, 0.5) is 18.9 Å². The van der Waals surface area contributed by atoms with Gasteiger partial charge in [-0.1, -0.05) is 30.3 Å². The Morgan fingerprint density at radius 2 is 1.51 bits per heavy atom. The number of rotatable bonds is 16. The summed E-state index contributed by atoms with van der Waals surface area (Å²) in [6.45, 7) is 4.22. The lowest BCUT2D eigenvalue weighted by atomic mass is 10.0. The van der Waals surface area contributed by atoms with Crippen LogP contribution in [0.25, 0.3) is 10.9 Å². The van der Waals surface area contributed by atoms with Crippen molar-refractivity contribution in [3.05, 3.63) is 71.9 Å². The third-order valence-electron chi connectivity index (χ3n) is 7.51. The van der Waals surface area contributed by atoms with Crippen LogP contribution in [0, 0.1) is 0 Å². The lowest BCUT2D eigenvalue weighted by Crippen LogP contribution is -2.56. The SMILES string of the molecule is NCC[N+](CCN)(CCN)CCC[C@H](N)C(=O)N[C@H](Cc1ccc(C(F)(F)F)cc1)C(=O)Nc1cnc2ccccc2c1. The normalized spacial score (nSPS) is 13.5. The van der Waals surface area contributed by atoms with Gasteiger partial charge < -0.3 is 38.1 Å². The number of alkyl halides is 3. The Kier molecular flexibility index (Phi) is 12.4. The summed E-state index contributed by atoms with van der Waals surface area (Å²) >= 11 is 0. The van der Waals surface area contributed by atoms with Crippen LogP contribution >= 0.6 is 0 Å². The lowest BCUT2D eigenvalue weighted by molar-refractivity contribution is -0.924. The van der Waals surface area contributed by atoms with E-state index in [2.05, 4.69) is 15.6 Å². The largest absolute Gasteiger partial charge is 0.416 e. The lowest BCUT2D eigenvalue weighted by Gasteiger charge is -2.38. The van der Waals surface area contributed by atoms with Crippen LogP contribution in [0.3, 0.4) is 0 Å². The van der Waals surface area contributed by atoms with Gasteiger partial charge in [0, 0.05) is 31.4 Å². The molecule has 0 spiro atoms. The molecule has 2 amide bonds. The number of aromatic nitrogens is 1. The molecule has 1 heterocycles. The van der Waals surface area contributed by atoms with Gasteiger partial charge in [-0.2, -0.15) is 13.2 Å². The van der Waals surface area contributed by atoms with Gasteiger partial charge in [0.15, 0.2) is 0 Å². The van der Waals surface area contributed by atoms with Crippen LogP contribution in [-0.2, 0) is 22.2 Å². The summed E-state index contributed by atoms with van der Waals surface area (Å²) in [5.41, 5.74) is 24.5. The second kappa shape index (κ2) is 15.7. The fourth-order valence-corrected chi connectivity index (χ4v) is 5.19. The molecule has 234 valence electrons. The van der Waals surface area contributed by atoms with Crippen molar-refractivity contribution in [3.8, 4) is 0 Å². The zero-order valence-corrected chi connectivity index (χ0v) is 24.2. The van der Waals surface area contributed by atoms with Gasteiger partial charge >= 0.3 is 6.18 Å². The molecular formula is C30H42F3N8O2+. The van der Waals surface area contributed by atoms with Gasteiger partial charge in [-0.15, -0.1) is 0 Å². The number of amides is 2. The molecule has 0 fully saturated rings. The van der Waals surface area contributed by atoms with E-state index in [0.717, 1.165) is 23.0 Å². The Hall–Kier alpha value is -3.62. The van der Waals surface area contributed by atoms with Crippen molar-refractivity contribution in [2.24, 2.45) is 22.9 Å². The van der Waals surface area contributed by atoms with Crippen molar-refractivity contribution in [1.29, 1.82) is 0 Å². The first-order chi connectivity index (χ1) is 20.5. The molecule has 0 aliphatic rings. The Morgan fingerprint density at radius 1 is 0.884 bits per heavy atom. The Morgan fingerprint density at radius 3 is 2.12 bits per heavy atom. The van der Waals surface area contributed by atoms with Gasteiger partial charge in [-0.05, 0) is 42.7 Å². The summed E-state index contributed by atoms with van der Waals surface area (Å²) in [4.78, 5) is 30.9. The molecular weight excluding hydrogens is 561 g/mol. The van der Waals surface area contributed by atoms with Crippen molar-refractivity contribution < 1.29 is 27.2 Å². The highest BCUT2D eigenvalue weighted by Gasteiger charge is 2.31. The summed E-state index contributed by atoms with van der Waals surface area (Å²) in [5.74, 6) is -1.10. The van der Waals surface area contributed by atoms with Crippen LogP contribution < -0.4 is 33.6 Å².